The van der Waals surface area contributed by atoms with E-state index in [1.807, 2.05) is 0 Å². The molecule has 0 aromatic heterocycles. The first-order valence-corrected chi connectivity index (χ1v) is 5.85. The van der Waals surface area contributed by atoms with Crippen LogP contribution in [0.1, 0.15) is 25.7 Å². The van der Waals surface area contributed by atoms with E-state index in [9.17, 15) is 0 Å². The van der Waals surface area contributed by atoms with E-state index in [1.54, 1.807) is 0 Å². The van der Waals surface area contributed by atoms with Crippen molar-refractivity contribution < 1.29 is 0 Å². The summed E-state index contributed by atoms with van der Waals surface area (Å²) in [6, 6.07) is 0. The van der Waals surface area contributed by atoms with E-state index in [0.717, 1.165) is 5.41 Å². The first-order valence-electron chi connectivity index (χ1n) is 4.70. The molecule has 0 unspecified atom stereocenters. The molecular weight excluding hydrogens is 154 g/mol. The van der Waals surface area contributed by atoms with Crippen molar-refractivity contribution >= 4 is 11.8 Å². The van der Waals surface area contributed by atoms with E-state index in [-0.39, 0.29) is 0 Å². The summed E-state index contributed by atoms with van der Waals surface area (Å²) in [4.78, 5) is 0. The third kappa shape index (κ3) is 1.73. The van der Waals surface area contributed by atoms with Crippen LogP contribution in [0, 0.1) is 5.41 Å². The number of thioether (sulfide) groups is 1. The largest absolute Gasteiger partial charge is 0.317 e. The van der Waals surface area contributed by atoms with Crippen LogP contribution in [0.15, 0.2) is 0 Å². The molecule has 11 heavy (non-hydrogen) atoms. The molecule has 0 saturated carbocycles. The summed E-state index contributed by atoms with van der Waals surface area (Å²) < 4.78 is 0. The molecule has 2 heteroatoms. The Hall–Kier alpha value is 0.310. The van der Waals surface area contributed by atoms with Gasteiger partial charge in [-0.15, -0.1) is 0 Å². The number of nitrogens with one attached hydrogen (secondary N) is 1. The average molecular weight is 171 g/mol. The van der Waals surface area contributed by atoms with E-state index in [0.29, 0.717) is 0 Å². The van der Waals surface area contributed by atoms with Crippen molar-refractivity contribution in [1.82, 2.24) is 5.32 Å². The molecule has 0 aromatic carbocycles. The minimum atomic E-state index is 0.774. The van der Waals surface area contributed by atoms with Gasteiger partial charge in [0.25, 0.3) is 0 Å². The monoisotopic (exact) mass is 171 g/mol. The van der Waals surface area contributed by atoms with Crippen LogP contribution in [0.5, 0.6) is 0 Å². The molecule has 64 valence electrons. The van der Waals surface area contributed by atoms with Crippen LogP contribution in [-0.4, -0.2) is 24.6 Å². The third-order valence-electron chi connectivity index (χ3n) is 3.22. The van der Waals surface area contributed by atoms with Crippen molar-refractivity contribution in [3.63, 3.8) is 0 Å². The number of piperidine rings is 1. The molecule has 2 fully saturated rings. The molecule has 0 aliphatic carbocycles. The van der Waals surface area contributed by atoms with E-state index < -0.39 is 0 Å². The Kier molecular flexibility index (Phi) is 2.42. The van der Waals surface area contributed by atoms with Crippen LogP contribution in [0.2, 0.25) is 0 Å². The van der Waals surface area contributed by atoms with E-state index in [2.05, 4.69) is 17.1 Å². The molecule has 1 spiro atoms. The Morgan fingerprint density at radius 2 is 1.55 bits per heavy atom. The predicted octanol–water partition coefficient (Wildman–Crippen LogP) is 1.88. The highest BCUT2D eigenvalue weighted by molar-refractivity contribution is 7.99. The van der Waals surface area contributed by atoms with Crippen LogP contribution >= 0.6 is 11.8 Å². The summed E-state index contributed by atoms with van der Waals surface area (Å²) in [5.74, 6) is 2.83. The summed E-state index contributed by atoms with van der Waals surface area (Å²) in [5, 5.41) is 3.45. The Labute approximate surface area is 73.3 Å². The van der Waals surface area contributed by atoms with E-state index >= 15 is 0 Å². The normalized spacial score (nSPS) is 30.5. The lowest BCUT2D eigenvalue weighted by Crippen LogP contribution is -2.38. The third-order valence-corrected chi connectivity index (χ3v) is 4.20. The standard InChI is InChI=1S/C9H17NS/c1-5-10-6-2-9(1)3-7-11-8-4-9/h10H,1-8H2. The van der Waals surface area contributed by atoms with Crippen molar-refractivity contribution in [3.8, 4) is 0 Å². The van der Waals surface area contributed by atoms with Crippen LogP contribution in [-0.2, 0) is 0 Å². The zero-order chi connectivity index (χ0) is 7.57. The quantitative estimate of drug-likeness (QED) is 0.597. The molecule has 0 aromatic rings. The molecule has 2 saturated heterocycles. The SMILES string of the molecule is C1CC2(CCN1)CCSCC2. The van der Waals surface area contributed by atoms with Gasteiger partial charge in [0.2, 0.25) is 0 Å². The van der Waals surface area contributed by atoms with Gasteiger partial charge < -0.3 is 5.32 Å². The fraction of sp³-hybridized carbons (Fsp3) is 1.00. The summed E-state index contributed by atoms with van der Waals surface area (Å²) in [6.07, 6.45) is 5.85. The van der Waals surface area contributed by atoms with Gasteiger partial charge in [0.05, 0.1) is 0 Å². The van der Waals surface area contributed by atoms with Gasteiger partial charge in [0.1, 0.15) is 0 Å². The van der Waals surface area contributed by atoms with E-state index in [4.69, 9.17) is 0 Å². The molecule has 2 aliphatic heterocycles. The lowest BCUT2D eigenvalue weighted by Gasteiger charge is -2.40. The summed E-state index contributed by atoms with van der Waals surface area (Å²) in [6.45, 7) is 2.54. The van der Waals surface area contributed by atoms with Gasteiger partial charge in [-0.2, -0.15) is 11.8 Å². The second-order valence-corrected chi connectivity index (χ2v) is 5.09. The first kappa shape index (κ1) is 7.93. The van der Waals surface area contributed by atoms with Crippen molar-refractivity contribution in [3.05, 3.63) is 0 Å². The van der Waals surface area contributed by atoms with E-state index in [1.165, 1.54) is 50.3 Å². The summed E-state index contributed by atoms with van der Waals surface area (Å²) in [7, 11) is 0. The van der Waals surface area contributed by atoms with Crippen molar-refractivity contribution in [1.29, 1.82) is 0 Å². The van der Waals surface area contributed by atoms with Crippen molar-refractivity contribution in [2.75, 3.05) is 24.6 Å². The van der Waals surface area contributed by atoms with Gasteiger partial charge in [-0.1, -0.05) is 0 Å². The van der Waals surface area contributed by atoms with Crippen LogP contribution in [0.4, 0.5) is 0 Å². The molecule has 0 radical (unpaired) electrons. The smallest absolute Gasteiger partial charge is 0.00436 e. The average Bonchev–Trinajstić information content (AvgIpc) is 2.07. The highest BCUT2D eigenvalue weighted by Gasteiger charge is 2.32. The minimum Gasteiger partial charge on any atom is -0.317 e. The molecule has 2 rings (SSSR count). The summed E-state index contributed by atoms with van der Waals surface area (Å²) in [5.41, 5.74) is 0.774. The molecule has 0 bridgehead atoms. The number of hydrogen-bond donors (Lipinski definition) is 1. The predicted molar refractivity (Wildman–Crippen MR) is 51.1 cm³/mol. The highest BCUT2D eigenvalue weighted by Crippen LogP contribution is 2.41. The maximum absolute atomic E-state index is 3.45. The van der Waals surface area contributed by atoms with Gasteiger partial charge in [0, 0.05) is 0 Å². The topological polar surface area (TPSA) is 12.0 Å². The van der Waals surface area contributed by atoms with Gasteiger partial charge in [-0.25, -0.2) is 0 Å². The second-order valence-electron chi connectivity index (χ2n) is 3.86. The molecule has 1 nitrogen and oxygen atoms in total. The molecule has 2 aliphatic rings. The molecule has 2 heterocycles. The van der Waals surface area contributed by atoms with Gasteiger partial charge in [-0.3, -0.25) is 0 Å². The second kappa shape index (κ2) is 3.36. The molecular formula is C9H17NS. The fourth-order valence-corrected chi connectivity index (χ4v) is 3.62. The van der Waals surface area contributed by atoms with Crippen molar-refractivity contribution in [2.45, 2.75) is 25.7 Å². The maximum atomic E-state index is 3.45. The zero-order valence-electron chi connectivity index (χ0n) is 7.07. The Bertz CT molecular complexity index is 104. The number of rotatable bonds is 0. The van der Waals surface area contributed by atoms with Crippen molar-refractivity contribution in [2.24, 2.45) is 5.41 Å². The lowest BCUT2D eigenvalue weighted by molar-refractivity contribution is 0.184. The van der Waals surface area contributed by atoms with Gasteiger partial charge >= 0.3 is 0 Å². The van der Waals surface area contributed by atoms with Crippen LogP contribution in [0.3, 0.4) is 0 Å². The first-order chi connectivity index (χ1) is 5.41. The highest BCUT2D eigenvalue weighted by atomic mass is 32.2. The Morgan fingerprint density at radius 1 is 0.909 bits per heavy atom. The van der Waals surface area contributed by atoms with Gasteiger partial charge in [-0.05, 0) is 55.7 Å². The molecule has 1 N–H and O–H groups in total. The molecule has 0 amide bonds. The molecule has 0 atom stereocenters. The zero-order valence-corrected chi connectivity index (χ0v) is 7.88. The van der Waals surface area contributed by atoms with Crippen LogP contribution < -0.4 is 5.32 Å². The minimum absolute atomic E-state index is 0.774. The fourth-order valence-electron chi connectivity index (χ4n) is 2.26. The Morgan fingerprint density at radius 3 is 2.18 bits per heavy atom. The lowest BCUT2D eigenvalue weighted by atomic mass is 9.74. The van der Waals surface area contributed by atoms with Gasteiger partial charge in [0.15, 0.2) is 0 Å². The van der Waals surface area contributed by atoms with Crippen LogP contribution in [0.25, 0.3) is 0 Å². The maximum Gasteiger partial charge on any atom is -0.00436 e. The Balaban J connectivity index is 1.94. The summed E-state index contributed by atoms with van der Waals surface area (Å²) >= 11 is 2.14. The number of hydrogen-bond acceptors (Lipinski definition) is 2.